The van der Waals surface area contributed by atoms with Crippen LogP contribution in [-0.2, 0) is 19.7 Å². The predicted molar refractivity (Wildman–Crippen MR) is 145 cm³/mol. The van der Waals surface area contributed by atoms with E-state index in [2.05, 4.69) is 37.6 Å². The number of thiophene rings is 1. The molecule has 4 aromatic rings. The number of hydrogen-bond donors (Lipinski definition) is 3. The van der Waals surface area contributed by atoms with Gasteiger partial charge in [-0.1, -0.05) is 24.3 Å². The highest BCUT2D eigenvalue weighted by atomic mass is 79.9. The van der Waals surface area contributed by atoms with Crippen molar-refractivity contribution >= 4 is 55.7 Å². The minimum absolute atomic E-state index is 0.115. The van der Waals surface area contributed by atoms with Gasteiger partial charge in [-0.25, -0.2) is 0 Å². The molecule has 0 bridgehead atoms. The molecule has 0 saturated carbocycles. The molecule has 2 aromatic heterocycles. The van der Waals surface area contributed by atoms with Crippen LogP contribution in [-0.4, -0.2) is 28.5 Å². The lowest BCUT2D eigenvalue weighted by atomic mass is 9.65. The van der Waals surface area contributed by atoms with Crippen molar-refractivity contribution in [3.63, 3.8) is 0 Å². The fourth-order valence-electron chi connectivity index (χ4n) is 5.81. The summed E-state index contributed by atoms with van der Waals surface area (Å²) in [6, 6.07) is 18.8. The van der Waals surface area contributed by atoms with Gasteiger partial charge >= 0.3 is 5.97 Å². The van der Waals surface area contributed by atoms with E-state index in [9.17, 15) is 9.59 Å². The van der Waals surface area contributed by atoms with Gasteiger partial charge < -0.3 is 15.0 Å². The molecule has 0 unspecified atom stereocenters. The lowest BCUT2D eigenvalue weighted by Gasteiger charge is -2.35. The normalized spacial score (nSPS) is 25.3. The third kappa shape index (κ3) is 3.54. The fraction of sp³-hybridized carbons (Fsp3) is 0.286. The summed E-state index contributed by atoms with van der Waals surface area (Å²) in [6.07, 6.45) is 1.90. The molecule has 8 heteroatoms. The SMILES string of the molecule is CC(C)(C)OC(=O)[C@H]1N[C@H](c2ccc3[nH]ccc3c2)[C@]2(C(=O)Nc3ccccc32)[C@@H]1c1ccc(Br)s1. The largest absolute Gasteiger partial charge is 0.459 e. The number of aromatic nitrogens is 1. The smallest absolute Gasteiger partial charge is 0.324 e. The number of fused-ring (bicyclic) bond motifs is 3. The number of carbonyl (C=O) groups excluding carboxylic acids is 2. The van der Waals surface area contributed by atoms with Gasteiger partial charge in [0, 0.05) is 28.2 Å². The Morgan fingerprint density at radius 2 is 1.89 bits per heavy atom. The molecule has 184 valence electrons. The number of ether oxygens (including phenoxy) is 1. The molecule has 0 radical (unpaired) electrons. The third-order valence-corrected chi connectivity index (χ3v) is 8.80. The van der Waals surface area contributed by atoms with E-state index in [1.165, 1.54) is 0 Å². The lowest BCUT2D eigenvalue weighted by molar-refractivity contribution is -0.157. The Balaban J connectivity index is 1.61. The number of aromatic amines is 1. The quantitative estimate of drug-likeness (QED) is 0.266. The molecular formula is C28H26BrN3O3S. The number of H-pyrrole nitrogens is 1. The Labute approximate surface area is 221 Å². The van der Waals surface area contributed by atoms with E-state index in [0.29, 0.717) is 0 Å². The van der Waals surface area contributed by atoms with Gasteiger partial charge in [0.2, 0.25) is 5.91 Å². The molecule has 2 aliphatic rings. The zero-order valence-electron chi connectivity index (χ0n) is 20.1. The van der Waals surface area contributed by atoms with Crippen molar-refractivity contribution in [2.75, 3.05) is 5.32 Å². The first kappa shape index (κ1) is 23.5. The van der Waals surface area contributed by atoms with Crippen molar-refractivity contribution in [3.05, 3.63) is 86.7 Å². The summed E-state index contributed by atoms with van der Waals surface area (Å²) in [6.45, 7) is 5.59. The Morgan fingerprint density at radius 3 is 2.64 bits per heavy atom. The minimum atomic E-state index is -1.05. The fourth-order valence-corrected chi connectivity index (χ4v) is 7.45. The van der Waals surface area contributed by atoms with Gasteiger partial charge in [-0.3, -0.25) is 14.9 Å². The number of para-hydroxylation sites is 1. The number of rotatable bonds is 3. The van der Waals surface area contributed by atoms with E-state index in [1.54, 1.807) is 11.3 Å². The number of esters is 1. The van der Waals surface area contributed by atoms with E-state index in [-0.39, 0.29) is 11.9 Å². The van der Waals surface area contributed by atoms with Gasteiger partial charge in [0.05, 0.1) is 9.83 Å². The van der Waals surface area contributed by atoms with Crippen LogP contribution >= 0.6 is 27.3 Å². The first-order valence-corrected chi connectivity index (χ1v) is 13.5. The van der Waals surface area contributed by atoms with E-state index in [0.717, 1.165) is 36.4 Å². The molecule has 4 heterocycles. The van der Waals surface area contributed by atoms with Crippen LogP contribution in [0.25, 0.3) is 10.9 Å². The average Bonchev–Trinajstić information content (AvgIpc) is 3.58. The number of anilines is 1. The molecule has 0 aliphatic carbocycles. The maximum absolute atomic E-state index is 14.2. The molecule has 1 fully saturated rings. The van der Waals surface area contributed by atoms with E-state index in [4.69, 9.17) is 4.74 Å². The van der Waals surface area contributed by atoms with Gasteiger partial charge in [0.25, 0.3) is 0 Å². The summed E-state index contributed by atoms with van der Waals surface area (Å²) >= 11 is 5.14. The van der Waals surface area contributed by atoms with Gasteiger partial charge in [0.15, 0.2) is 0 Å². The van der Waals surface area contributed by atoms with Crippen molar-refractivity contribution in [2.45, 2.75) is 49.8 Å². The topological polar surface area (TPSA) is 83.2 Å². The van der Waals surface area contributed by atoms with E-state index < -0.39 is 29.0 Å². The lowest BCUT2D eigenvalue weighted by Crippen LogP contribution is -2.44. The number of carbonyl (C=O) groups is 2. The first-order chi connectivity index (χ1) is 17.2. The second-order valence-electron chi connectivity index (χ2n) is 10.4. The molecule has 1 spiro atoms. The van der Waals surface area contributed by atoms with Gasteiger partial charge in [-0.05, 0) is 89.6 Å². The number of hydrogen-bond acceptors (Lipinski definition) is 5. The maximum Gasteiger partial charge on any atom is 0.324 e. The highest BCUT2D eigenvalue weighted by molar-refractivity contribution is 9.11. The van der Waals surface area contributed by atoms with Crippen molar-refractivity contribution < 1.29 is 14.3 Å². The van der Waals surface area contributed by atoms with Gasteiger partial charge in [-0.2, -0.15) is 0 Å². The summed E-state index contributed by atoms with van der Waals surface area (Å²) in [4.78, 5) is 32.1. The standard InChI is InChI=1S/C28H26BrN3O3S/c1-27(2,3)35-25(33)23-22(20-10-11-21(29)36-20)28(17-6-4-5-7-19(17)31-26(28)34)24(32-23)16-8-9-18-15(14-16)12-13-30-18/h4-14,22-24,30,32H,1-3H3,(H,31,34)/t22-,23+,24-,28-/m1/s1. The van der Waals surface area contributed by atoms with E-state index >= 15 is 0 Å². The first-order valence-electron chi connectivity index (χ1n) is 11.9. The van der Waals surface area contributed by atoms with Crippen LogP contribution in [0.3, 0.4) is 0 Å². The van der Waals surface area contributed by atoms with Gasteiger partial charge in [-0.15, -0.1) is 11.3 Å². The molecule has 36 heavy (non-hydrogen) atoms. The summed E-state index contributed by atoms with van der Waals surface area (Å²) in [5.74, 6) is -0.950. The minimum Gasteiger partial charge on any atom is -0.459 e. The zero-order valence-corrected chi connectivity index (χ0v) is 22.5. The number of halogens is 1. The van der Waals surface area contributed by atoms with Crippen molar-refractivity contribution in [1.29, 1.82) is 0 Å². The average molecular weight is 565 g/mol. The van der Waals surface area contributed by atoms with Gasteiger partial charge in [0.1, 0.15) is 17.1 Å². The van der Waals surface area contributed by atoms with Crippen LogP contribution < -0.4 is 10.6 Å². The molecule has 6 nitrogen and oxygen atoms in total. The molecule has 1 saturated heterocycles. The van der Waals surface area contributed by atoms with Crippen LogP contribution in [0, 0.1) is 0 Å². The number of amides is 1. The summed E-state index contributed by atoms with van der Waals surface area (Å²) in [7, 11) is 0. The van der Waals surface area contributed by atoms with Crippen molar-refractivity contribution in [3.8, 4) is 0 Å². The Bertz CT molecular complexity index is 1500. The highest BCUT2D eigenvalue weighted by Gasteiger charge is 2.66. The summed E-state index contributed by atoms with van der Waals surface area (Å²) in [5.41, 5.74) is 1.92. The Morgan fingerprint density at radius 1 is 1.08 bits per heavy atom. The summed E-state index contributed by atoms with van der Waals surface area (Å²) in [5, 5.41) is 7.77. The Kier molecular flexibility index (Phi) is 5.41. The predicted octanol–water partition coefficient (Wildman–Crippen LogP) is 6.02. The summed E-state index contributed by atoms with van der Waals surface area (Å²) < 4.78 is 6.85. The number of benzene rings is 2. The molecular weight excluding hydrogens is 538 g/mol. The second-order valence-corrected chi connectivity index (χ2v) is 12.9. The second kappa shape index (κ2) is 8.30. The number of nitrogens with one attached hydrogen (secondary N) is 3. The van der Waals surface area contributed by atoms with Crippen LogP contribution in [0.4, 0.5) is 5.69 Å². The molecule has 4 atom stereocenters. The Hall–Kier alpha value is -2.94. The molecule has 3 N–H and O–H groups in total. The van der Waals surface area contributed by atoms with Crippen molar-refractivity contribution in [2.24, 2.45) is 0 Å². The highest BCUT2D eigenvalue weighted by Crippen LogP contribution is 2.60. The van der Waals surface area contributed by atoms with Crippen LogP contribution in [0.15, 0.2) is 70.6 Å². The molecule has 2 aliphatic heterocycles. The van der Waals surface area contributed by atoms with Crippen LogP contribution in [0.2, 0.25) is 0 Å². The molecule has 6 rings (SSSR count). The third-order valence-electron chi connectivity index (χ3n) is 7.09. The van der Waals surface area contributed by atoms with Crippen LogP contribution in [0.1, 0.15) is 48.7 Å². The van der Waals surface area contributed by atoms with E-state index in [1.807, 2.05) is 81.6 Å². The molecule has 2 aromatic carbocycles. The van der Waals surface area contributed by atoms with Crippen LogP contribution in [0.5, 0.6) is 0 Å². The molecule has 1 amide bonds. The van der Waals surface area contributed by atoms with Crippen molar-refractivity contribution in [1.82, 2.24) is 10.3 Å². The maximum atomic E-state index is 14.2. The zero-order chi connectivity index (χ0) is 25.2. The monoisotopic (exact) mass is 563 g/mol.